The Kier molecular flexibility index (Phi) is 37.7. The number of ether oxygens (including phenoxy) is 1. The summed E-state index contributed by atoms with van der Waals surface area (Å²) in [6.45, 7) is 11.1. The summed E-state index contributed by atoms with van der Waals surface area (Å²) in [4.78, 5) is 6.86. The number of pyridine rings is 1. The molecule has 21 N–H and O–H groups in total. The zero-order chi connectivity index (χ0) is 32.8. The number of fused-ring (bicyclic) bond motifs is 4. The van der Waals surface area contributed by atoms with E-state index in [2.05, 4.69) is 34.8 Å². The highest BCUT2D eigenvalue weighted by molar-refractivity contribution is 7.80. The molecule has 302 valence electrons. The number of benzene rings is 1. The van der Waals surface area contributed by atoms with Crippen LogP contribution in [0.2, 0.25) is 0 Å². The van der Waals surface area contributed by atoms with Crippen molar-refractivity contribution in [3.05, 3.63) is 48.7 Å². The maximum Gasteiger partial charge on any atom is 0.394 e. The maximum atomic E-state index is 11.2. The Labute approximate surface area is 292 Å². The standard InChI is InChI=1S/C20H24N2O2.C7H17NO.2H2O4S.7H2O/c1-3-13-12-22-9-7-14(13)10-19(22)20(23)16-6-8-21-18-5-4-15(24-2)11-17(16)18;1-3-5-6-8-7(9)4-2;2*1-5(2,3)4;;;;;;;/h3-6,8,11,13-14,19-20,23H,1,7,9-10,12H2,2H3;7-9H,3-6H2,1-2H3;2*(H2,1,2,3,4);7*1H2/t13-,14-,19-,20+;;;;;;;;;;/m0........../s1. The van der Waals surface area contributed by atoms with Crippen LogP contribution in [0.5, 0.6) is 5.75 Å². The second-order valence-electron chi connectivity index (χ2n) is 10.1. The number of rotatable bonds is 9. The third kappa shape index (κ3) is 24.6. The van der Waals surface area contributed by atoms with Crippen LogP contribution in [-0.4, -0.2) is 132 Å². The van der Waals surface area contributed by atoms with E-state index in [1.165, 1.54) is 12.8 Å². The third-order valence-electron chi connectivity index (χ3n) is 7.12. The maximum absolute atomic E-state index is 11.2. The molecule has 2 unspecified atom stereocenters. The van der Waals surface area contributed by atoms with Crippen molar-refractivity contribution in [2.45, 2.75) is 64.3 Å². The summed E-state index contributed by atoms with van der Waals surface area (Å²) < 4.78 is 68.5. The smallest absolute Gasteiger partial charge is 0.394 e. The van der Waals surface area contributed by atoms with Crippen LogP contribution < -0.4 is 10.1 Å². The van der Waals surface area contributed by atoms with Crippen molar-refractivity contribution in [2.75, 3.05) is 26.7 Å². The molecule has 3 fully saturated rings. The first-order valence-corrected chi connectivity index (χ1v) is 16.6. The summed E-state index contributed by atoms with van der Waals surface area (Å²) >= 11 is 0. The number of unbranched alkanes of at least 4 members (excludes halogenated alkanes) is 1. The van der Waals surface area contributed by atoms with Crippen LogP contribution in [0, 0.1) is 11.8 Å². The number of piperidine rings is 3. The molecular formula is C27H59N3O18S2. The minimum Gasteiger partial charge on any atom is -0.497 e. The van der Waals surface area contributed by atoms with Crippen molar-refractivity contribution in [1.82, 2.24) is 15.2 Å². The normalized spacial score (nSPS) is 19.3. The molecule has 0 radical (unpaired) electrons. The number of aromatic nitrogens is 1. The van der Waals surface area contributed by atoms with Crippen molar-refractivity contribution in [1.29, 1.82) is 0 Å². The monoisotopic (exact) mass is 777 g/mol. The van der Waals surface area contributed by atoms with Crippen LogP contribution in [0.1, 0.15) is 57.6 Å². The molecule has 1 aromatic heterocycles. The Balaban J connectivity index is -0.000000121. The zero-order valence-corrected chi connectivity index (χ0v) is 29.8. The lowest BCUT2D eigenvalue weighted by Crippen LogP contribution is -2.54. The lowest BCUT2D eigenvalue weighted by molar-refractivity contribution is -0.0444. The molecule has 0 saturated carbocycles. The van der Waals surface area contributed by atoms with Gasteiger partial charge in [0.25, 0.3) is 0 Å². The molecular weight excluding hydrogens is 718 g/mol. The molecule has 23 heteroatoms. The summed E-state index contributed by atoms with van der Waals surface area (Å²) in [5.74, 6) is 2.01. The van der Waals surface area contributed by atoms with Gasteiger partial charge in [0.05, 0.1) is 18.7 Å². The Hall–Kier alpha value is -2.53. The van der Waals surface area contributed by atoms with E-state index in [-0.39, 0.29) is 50.6 Å². The van der Waals surface area contributed by atoms with E-state index in [4.69, 9.17) is 44.9 Å². The highest BCUT2D eigenvalue weighted by Crippen LogP contribution is 2.42. The minimum atomic E-state index is -4.67. The molecule has 3 aliphatic rings. The number of aliphatic hydroxyl groups is 2. The summed E-state index contributed by atoms with van der Waals surface area (Å²) in [5, 5.41) is 24.1. The average molecular weight is 778 g/mol. The van der Waals surface area contributed by atoms with Crippen LogP contribution in [-0.2, 0) is 20.8 Å². The molecule has 0 spiro atoms. The number of nitrogens with zero attached hydrogens (tertiary/aromatic N) is 2. The van der Waals surface area contributed by atoms with Crippen molar-refractivity contribution in [2.24, 2.45) is 11.8 Å². The lowest BCUT2D eigenvalue weighted by Gasteiger charge is -2.50. The van der Waals surface area contributed by atoms with Crippen LogP contribution in [0.25, 0.3) is 10.9 Å². The van der Waals surface area contributed by atoms with Crippen molar-refractivity contribution >= 4 is 31.7 Å². The molecule has 2 aromatic rings. The molecule has 6 atom stereocenters. The third-order valence-corrected chi connectivity index (χ3v) is 7.12. The lowest BCUT2D eigenvalue weighted by atomic mass is 9.73. The Morgan fingerprint density at radius 2 is 1.52 bits per heavy atom. The largest absolute Gasteiger partial charge is 0.497 e. The summed E-state index contributed by atoms with van der Waals surface area (Å²) in [5.41, 5.74) is 1.85. The van der Waals surface area contributed by atoms with Gasteiger partial charge in [0.1, 0.15) is 12.0 Å². The fourth-order valence-electron chi connectivity index (χ4n) is 5.03. The molecule has 0 amide bonds. The Morgan fingerprint density at radius 3 is 1.94 bits per heavy atom. The zero-order valence-electron chi connectivity index (χ0n) is 28.2. The van der Waals surface area contributed by atoms with E-state index < -0.39 is 26.9 Å². The molecule has 3 aliphatic heterocycles. The van der Waals surface area contributed by atoms with Gasteiger partial charge < -0.3 is 53.3 Å². The summed E-state index contributed by atoms with van der Waals surface area (Å²) in [7, 11) is -7.67. The van der Waals surface area contributed by atoms with Crippen LogP contribution >= 0.6 is 0 Å². The van der Waals surface area contributed by atoms with Crippen LogP contribution in [0.3, 0.4) is 0 Å². The first-order valence-electron chi connectivity index (χ1n) is 13.8. The average Bonchev–Trinajstić information content (AvgIpc) is 2.95. The predicted octanol–water partition coefficient (Wildman–Crippen LogP) is -2.80. The molecule has 2 bridgehead atoms. The first kappa shape index (κ1) is 62.6. The number of nitrogens with one attached hydrogen (secondary N) is 1. The van der Waals surface area contributed by atoms with Gasteiger partial charge in [0, 0.05) is 24.2 Å². The van der Waals surface area contributed by atoms with Gasteiger partial charge in [-0.3, -0.25) is 33.4 Å². The number of hydrogen-bond acceptors (Lipinski definition) is 10. The predicted molar refractivity (Wildman–Crippen MR) is 188 cm³/mol. The van der Waals surface area contributed by atoms with Crippen molar-refractivity contribution < 1.29 is 88.3 Å². The molecule has 21 nitrogen and oxygen atoms in total. The minimum absolute atomic E-state index is 0. The number of methoxy groups -OCH3 is 1. The van der Waals surface area contributed by atoms with Gasteiger partial charge in [0.2, 0.25) is 0 Å². The van der Waals surface area contributed by atoms with Gasteiger partial charge in [-0.1, -0.05) is 26.3 Å². The molecule has 50 heavy (non-hydrogen) atoms. The van der Waals surface area contributed by atoms with E-state index in [1.807, 2.05) is 31.2 Å². The fourth-order valence-corrected chi connectivity index (χ4v) is 5.03. The van der Waals surface area contributed by atoms with Gasteiger partial charge in [-0.25, -0.2) is 0 Å². The summed E-state index contributed by atoms with van der Waals surface area (Å²) in [6.07, 6.45) is 8.45. The van der Waals surface area contributed by atoms with E-state index in [0.717, 1.165) is 61.1 Å². The summed E-state index contributed by atoms with van der Waals surface area (Å²) in [6, 6.07) is 7.96. The quantitative estimate of drug-likeness (QED) is 0.0585. The number of aliphatic hydroxyl groups excluding tert-OH is 2. The van der Waals surface area contributed by atoms with E-state index in [9.17, 15) is 5.11 Å². The van der Waals surface area contributed by atoms with Crippen molar-refractivity contribution in [3.8, 4) is 5.75 Å². The van der Waals surface area contributed by atoms with Gasteiger partial charge in [-0.15, -0.1) is 6.58 Å². The molecule has 1 aromatic carbocycles. The van der Waals surface area contributed by atoms with E-state index >= 15 is 0 Å². The highest BCUT2D eigenvalue weighted by atomic mass is 32.3. The fraction of sp³-hybridized carbons (Fsp3) is 0.593. The SMILES string of the molecule is C=C[C@H]1CN2CC[C@H]1C[C@H]2[C@H](O)c1ccnc2ccc(OC)cc12.CCCCNC(O)CC.O.O.O.O.O.O.O.O=S(=O)(O)O.O=S(=O)(O)O. The number of hydrogen-bond donors (Lipinski definition) is 7. The van der Waals surface area contributed by atoms with Gasteiger partial charge in [-0.05, 0) is 80.4 Å². The molecule has 5 rings (SSSR count). The Morgan fingerprint density at radius 1 is 0.980 bits per heavy atom. The van der Waals surface area contributed by atoms with Crippen LogP contribution in [0.15, 0.2) is 43.1 Å². The second kappa shape index (κ2) is 30.1. The highest BCUT2D eigenvalue weighted by Gasteiger charge is 2.42. The van der Waals surface area contributed by atoms with Crippen molar-refractivity contribution in [3.63, 3.8) is 0 Å². The van der Waals surface area contributed by atoms with Gasteiger partial charge in [-0.2, -0.15) is 16.8 Å². The Bertz CT molecular complexity index is 1310. The van der Waals surface area contributed by atoms with Crippen LogP contribution in [0.4, 0.5) is 0 Å². The molecule has 3 saturated heterocycles. The van der Waals surface area contributed by atoms with E-state index in [0.29, 0.717) is 11.8 Å². The van der Waals surface area contributed by atoms with E-state index in [1.54, 1.807) is 13.3 Å². The van der Waals surface area contributed by atoms with Gasteiger partial charge >= 0.3 is 20.8 Å². The first-order chi connectivity index (χ1) is 20.0. The topological polar surface area (TPSA) is 448 Å². The van der Waals surface area contributed by atoms with Gasteiger partial charge in [0.15, 0.2) is 0 Å². The second-order valence-corrected chi connectivity index (χ2v) is 11.9. The molecule has 4 heterocycles. The molecule has 0 aliphatic carbocycles.